The van der Waals surface area contributed by atoms with Crippen LogP contribution in [0.2, 0.25) is 0 Å². The monoisotopic (exact) mass is 255 g/mol. The third kappa shape index (κ3) is 5.71. The van der Waals surface area contributed by atoms with E-state index in [1.807, 2.05) is 0 Å². The molecule has 1 rings (SSSR count). The normalized spacial score (nSPS) is 25.5. The Morgan fingerprint density at radius 2 is 1.78 bits per heavy atom. The first-order chi connectivity index (χ1) is 8.79. The second kappa shape index (κ2) is 9.80. The first-order valence-corrected chi connectivity index (χ1v) is 8.08. The number of hydrogen-bond acceptors (Lipinski definition) is 2. The van der Waals surface area contributed by atoms with Gasteiger partial charge >= 0.3 is 0 Å². The topological polar surface area (TPSA) is 21.3 Å². The van der Waals surface area contributed by atoms with Crippen molar-refractivity contribution in [3.8, 4) is 0 Å². The molecule has 18 heavy (non-hydrogen) atoms. The summed E-state index contributed by atoms with van der Waals surface area (Å²) in [7, 11) is 2.08. The maximum absolute atomic E-state index is 5.87. The quantitative estimate of drug-likeness (QED) is 0.592. The molecule has 2 heteroatoms. The average molecular weight is 255 g/mol. The van der Waals surface area contributed by atoms with Gasteiger partial charge in [0.15, 0.2) is 0 Å². The van der Waals surface area contributed by atoms with Gasteiger partial charge in [-0.1, -0.05) is 58.8 Å². The molecule has 1 saturated heterocycles. The van der Waals surface area contributed by atoms with Gasteiger partial charge in [0.2, 0.25) is 0 Å². The third-order valence-corrected chi connectivity index (χ3v) is 4.33. The molecule has 108 valence electrons. The fourth-order valence-electron chi connectivity index (χ4n) is 3.03. The average Bonchev–Trinajstić information content (AvgIpc) is 2.79. The van der Waals surface area contributed by atoms with Crippen molar-refractivity contribution in [2.24, 2.45) is 5.92 Å². The molecule has 0 saturated carbocycles. The van der Waals surface area contributed by atoms with E-state index >= 15 is 0 Å². The van der Waals surface area contributed by atoms with Gasteiger partial charge < -0.3 is 10.1 Å². The number of ether oxygens (including phenoxy) is 1. The molecule has 1 aliphatic heterocycles. The second-order valence-electron chi connectivity index (χ2n) is 5.91. The lowest BCUT2D eigenvalue weighted by atomic mass is 9.93. The van der Waals surface area contributed by atoms with Crippen LogP contribution in [0, 0.1) is 5.92 Å². The van der Waals surface area contributed by atoms with Gasteiger partial charge in [-0.3, -0.25) is 0 Å². The van der Waals surface area contributed by atoms with E-state index in [1.165, 1.54) is 57.8 Å². The SMILES string of the molecule is CCCCCCCCCC(NC)C1OCCC1C. The van der Waals surface area contributed by atoms with E-state index in [9.17, 15) is 0 Å². The second-order valence-corrected chi connectivity index (χ2v) is 5.91. The Labute approximate surface area is 114 Å². The minimum absolute atomic E-state index is 0.454. The highest BCUT2D eigenvalue weighted by molar-refractivity contribution is 4.83. The highest BCUT2D eigenvalue weighted by atomic mass is 16.5. The molecule has 0 radical (unpaired) electrons. The zero-order chi connectivity index (χ0) is 13.2. The number of hydrogen-bond donors (Lipinski definition) is 1. The van der Waals surface area contributed by atoms with Gasteiger partial charge in [-0.15, -0.1) is 0 Å². The first-order valence-electron chi connectivity index (χ1n) is 8.08. The molecule has 1 heterocycles. The van der Waals surface area contributed by atoms with Gasteiger partial charge in [0.05, 0.1) is 6.10 Å². The van der Waals surface area contributed by atoms with Crippen LogP contribution in [0.4, 0.5) is 0 Å². The number of nitrogens with one attached hydrogen (secondary N) is 1. The summed E-state index contributed by atoms with van der Waals surface area (Å²) in [5.74, 6) is 0.729. The highest BCUT2D eigenvalue weighted by Crippen LogP contribution is 2.25. The van der Waals surface area contributed by atoms with Crippen molar-refractivity contribution in [2.45, 2.75) is 83.8 Å². The van der Waals surface area contributed by atoms with E-state index in [0.717, 1.165) is 12.5 Å². The van der Waals surface area contributed by atoms with Crippen molar-refractivity contribution in [1.29, 1.82) is 0 Å². The van der Waals surface area contributed by atoms with E-state index in [1.54, 1.807) is 0 Å². The molecular weight excluding hydrogens is 222 g/mol. The van der Waals surface area contributed by atoms with Crippen molar-refractivity contribution in [3.05, 3.63) is 0 Å². The van der Waals surface area contributed by atoms with E-state index in [-0.39, 0.29) is 0 Å². The molecule has 2 nitrogen and oxygen atoms in total. The molecule has 3 unspecified atom stereocenters. The molecule has 1 aliphatic rings. The van der Waals surface area contributed by atoms with Gasteiger partial charge in [-0.05, 0) is 25.8 Å². The van der Waals surface area contributed by atoms with Crippen LogP contribution in [-0.4, -0.2) is 25.8 Å². The summed E-state index contributed by atoms with van der Waals surface area (Å²) in [6.45, 7) is 5.56. The van der Waals surface area contributed by atoms with Crippen molar-refractivity contribution < 1.29 is 4.74 Å². The molecule has 0 aromatic carbocycles. The lowest BCUT2D eigenvalue weighted by Crippen LogP contribution is -2.40. The van der Waals surface area contributed by atoms with Crippen LogP contribution in [0.5, 0.6) is 0 Å². The largest absolute Gasteiger partial charge is 0.376 e. The third-order valence-electron chi connectivity index (χ3n) is 4.33. The van der Waals surface area contributed by atoms with E-state index in [0.29, 0.717) is 12.1 Å². The summed E-state index contributed by atoms with van der Waals surface area (Å²) >= 11 is 0. The predicted molar refractivity (Wildman–Crippen MR) is 79.0 cm³/mol. The first kappa shape index (κ1) is 16.0. The maximum atomic E-state index is 5.87. The molecule has 0 aromatic heterocycles. The van der Waals surface area contributed by atoms with E-state index in [4.69, 9.17) is 4.74 Å². The van der Waals surface area contributed by atoms with Crippen LogP contribution >= 0.6 is 0 Å². The fourth-order valence-corrected chi connectivity index (χ4v) is 3.03. The summed E-state index contributed by atoms with van der Waals surface area (Å²) in [6.07, 6.45) is 12.7. The number of likely N-dealkylation sites (N-methyl/N-ethyl adjacent to an activating group) is 1. The highest BCUT2D eigenvalue weighted by Gasteiger charge is 2.30. The molecule has 0 aromatic rings. The lowest BCUT2D eigenvalue weighted by Gasteiger charge is -2.25. The van der Waals surface area contributed by atoms with Gasteiger partial charge in [0.25, 0.3) is 0 Å². The smallest absolute Gasteiger partial charge is 0.0754 e. The number of unbranched alkanes of at least 4 members (excludes halogenated alkanes) is 6. The minimum Gasteiger partial charge on any atom is -0.376 e. The Morgan fingerprint density at radius 1 is 1.11 bits per heavy atom. The molecule has 0 aliphatic carbocycles. The van der Waals surface area contributed by atoms with Crippen LogP contribution in [0.3, 0.4) is 0 Å². The molecule has 0 spiro atoms. The van der Waals surface area contributed by atoms with Crippen molar-refractivity contribution >= 4 is 0 Å². The summed E-state index contributed by atoms with van der Waals surface area (Å²) in [5, 5.41) is 3.46. The molecule has 3 atom stereocenters. The summed E-state index contributed by atoms with van der Waals surface area (Å²) < 4.78 is 5.87. The Hall–Kier alpha value is -0.0800. The molecular formula is C16H33NO. The van der Waals surface area contributed by atoms with Crippen LogP contribution in [0.25, 0.3) is 0 Å². The maximum Gasteiger partial charge on any atom is 0.0754 e. The van der Waals surface area contributed by atoms with Crippen molar-refractivity contribution in [2.75, 3.05) is 13.7 Å². The van der Waals surface area contributed by atoms with E-state index < -0.39 is 0 Å². The van der Waals surface area contributed by atoms with E-state index in [2.05, 4.69) is 26.2 Å². The van der Waals surface area contributed by atoms with Gasteiger partial charge in [-0.2, -0.15) is 0 Å². The van der Waals surface area contributed by atoms with Crippen LogP contribution < -0.4 is 5.32 Å². The number of rotatable bonds is 10. The van der Waals surface area contributed by atoms with Gasteiger partial charge in [0.1, 0.15) is 0 Å². The van der Waals surface area contributed by atoms with Crippen LogP contribution in [-0.2, 0) is 4.74 Å². The Kier molecular flexibility index (Phi) is 8.70. The lowest BCUT2D eigenvalue weighted by molar-refractivity contribution is 0.0598. The Morgan fingerprint density at radius 3 is 2.33 bits per heavy atom. The fraction of sp³-hybridized carbons (Fsp3) is 1.00. The minimum atomic E-state index is 0.454. The predicted octanol–water partition coefficient (Wildman–Crippen LogP) is 4.14. The Bertz CT molecular complexity index is 196. The molecule has 1 N–H and O–H groups in total. The van der Waals surface area contributed by atoms with Crippen molar-refractivity contribution in [3.63, 3.8) is 0 Å². The Balaban J connectivity index is 2.05. The molecule has 0 bridgehead atoms. The zero-order valence-corrected chi connectivity index (χ0v) is 12.7. The van der Waals surface area contributed by atoms with Gasteiger partial charge in [-0.25, -0.2) is 0 Å². The summed E-state index contributed by atoms with van der Waals surface area (Å²) in [4.78, 5) is 0. The van der Waals surface area contributed by atoms with Crippen molar-refractivity contribution in [1.82, 2.24) is 5.32 Å². The summed E-state index contributed by atoms with van der Waals surface area (Å²) in [5.41, 5.74) is 0. The summed E-state index contributed by atoms with van der Waals surface area (Å²) in [6, 6.07) is 0.568. The van der Waals surface area contributed by atoms with Gasteiger partial charge in [0, 0.05) is 12.6 Å². The molecule has 0 amide bonds. The zero-order valence-electron chi connectivity index (χ0n) is 12.7. The standard InChI is InChI=1S/C16H33NO/c1-4-5-6-7-8-9-10-11-15(17-3)16-14(2)12-13-18-16/h14-17H,4-13H2,1-3H3. The van der Waals surface area contributed by atoms with Crippen LogP contribution in [0.15, 0.2) is 0 Å². The van der Waals surface area contributed by atoms with Crippen LogP contribution in [0.1, 0.15) is 71.6 Å². The molecule has 1 fully saturated rings.